The normalized spacial score (nSPS) is 24.6. The summed E-state index contributed by atoms with van der Waals surface area (Å²) in [5.74, 6) is 0.221. The molecule has 0 N–H and O–H groups in total. The molecule has 1 fully saturated rings. The molecule has 5 nitrogen and oxygen atoms in total. The molecule has 0 aliphatic carbocycles. The number of benzene rings is 1. The molecule has 2 aromatic rings. The maximum atomic E-state index is 14.3. The number of carbonyl (C=O) groups excluding carboxylic acids is 1. The average molecular weight is 315 g/mol. The van der Waals surface area contributed by atoms with E-state index in [1.165, 1.54) is 0 Å². The zero-order chi connectivity index (χ0) is 15.8. The van der Waals surface area contributed by atoms with E-state index >= 15 is 0 Å². The van der Waals surface area contributed by atoms with Gasteiger partial charge in [-0.15, -0.1) is 5.10 Å². The molecule has 1 aromatic carbocycles. The molecule has 1 aromatic heterocycles. The average Bonchev–Trinajstić information content (AvgIpc) is 3.17. The van der Waals surface area contributed by atoms with Gasteiger partial charge < -0.3 is 4.74 Å². The molecule has 2 aliphatic heterocycles. The van der Waals surface area contributed by atoms with E-state index < -0.39 is 6.17 Å². The van der Waals surface area contributed by atoms with Gasteiger partial charge in [-0.1, -0.05) is 30.3 Å². The standard InChI is InChI=1S/C17H18FN3O2/c18-13-10-14(11-4-2-1-3-5-11)21-17(13)19-16(20-21)15(22)12-6-8-23-9-7-12/h1-5,12-14H,6-10H2/t13-,14-/m0/s1. The Morgan fingerprint density at radius 3 is 2.70 bits per heavy atom. The Kier molecular flexibility index (Phi) is 3.69. The smallest absolute Gasteiger partial charge is 0.217 e. The van der Waals surface area contributed by atoms with E-state index in [-0.39, 0.29) is 29.4 Å². The fourth-order valence-corrected chi connectivity index (χ4v) is 3.38. The third-order valence-electron chi connectivity index (χ3n) is 4.66. The van der Waals surface area contributed by atoms with Crippen LogP contribution in [-0.4, -0.2) is 33.8 Å². The van der Waals surface area contributed by atoms with Crippen molar-refractivity contribution in [2.24, 2.45) is 5.92 Å². The lowest BCUT2D eigenvalue weighted by molar-refractivity contribution is 0.0537. The monoisotopic (exact) mass is 315 g/mol. The van der Waals surface area contributed by atoms with E-state index in [1.807, 2.05) is 30.3 Å². The maximum Gasteiger partial charge on any atom is 0.217 e. The van der Waals surface area contributed by atoms with Crippen LogP contribution in [0, 0.1) is 5.92 Å². The highest BCUT2D eigenvalue weighted by molar-refractivity contribution is 5.94. The first-order valence-electron chi connectivity index (χ1n) is 8.01. The predicted octanol–water partition coefficient (Wildman–Crippen LogP) is 2.89. The van der Waals surface area contributed by atoms with Crippen LogP contribution >= 0.6 is 0 Å². The summed E-state index contributed by atoms with van der Waals surface area (Å²) < 4.78 is 21.2. The first kappa shape index (κ1) is 14.5. The van der Waals surface area contributed by atoms with Crippen LogP contribution in [0.2, 0.25) is 0 Å². The Labute approximate surface area is 133 Å². The molecule has 0 saturated carbocycles. The predicted molar refractivity (Wildman–Crippen MR) is 80.9 cm³/mol. The highest BCUT2D eigenvalue weighted by Gasteiger charge is 2.37. The van der Waals surface area contributed by atoms with Crippen molar-refractivity contribution in [3.63, 3.8) is 0 Å². The van der Waals surface area contributed by atoms with Crippen molar-refractivity contribution in [3.05, 3.63) is 47.5 Å². The van der Waals surface area contributed by atoms with Crippen LogP contribution in [0.3, 0.4) is 0 Å². The molecule has 3 heterocycles. The van der Waals surface area contributed by atoms with Gasteiger partial charge in [0.05, 0.1) is 6.04 Å². The van der Waals surface area contributed by atoms with Crippen LogP contribution in [0.1, 0.15) is 53.5 Å². The summed E-state index contributed by atoms with van der Waals surface area (Å²) in [6, 6.07) is 9.48. The number of halogens is 1. The number of Topliss-reactive ketones (excluding diaryl/α,β-unsaturated/α-hetero) is 1. The van der Waals surface area contributed by atoms with Crippen molar-refractivity contribution in [1.82, 2.24) is 14.8 Å². The van der Waals surface area contributed by atoms with E-state index in [0.717, 1.165) is 5.56 Å². The molecule has 4 rings (SSSR count). The number of fused-ring (bicyclic) bond motifs is 1. The van der Waals surface area contributed by atoms with Gasteiger partial charge in [0.25, 0.3) is 0 Å². The van der Waals surface area contributed by atoms with Crippen LogP contribution < -0.4 is 0 Å². The maximum absolute atomic E-state index is 14.3. The van der Waals surface area contributed by atoms with Gasteiger partial charge in [-0.05, 0) is 18.4 Å². The van der Waals surface area contributed by atoms with Crippen LogP contribution in [0.4, 0.5) is 4.39 Å². The van der Waals surface area contributed by atoms with Gasteiger partial charge in [0, 0.05) is 25.6 Å². The van der Waals surface area contributed by atoms with Gasteiger partial charge in [-0.2, -0.15) is 0 Å². The number of ketones is 1. The quantitative estimate of drug-likeness (QED) is 0.817. The third kappa shape index (κ3) is 2.57. The van der Waals surface area contributed by atoms with Crippen molar-refractivity contribution in [1.29, 1.82) is 0 Å². The molecule has 0 spiro atoms. The molecule has 23 heavy (non-hydrogen) atoms. The molecule has 0 amide bonds. The molecular formula is C17H18FN3O2. The number of carbonyl (C=O) groups is 1. The zero-order valence-electron chi connectivity index (χ0n) is 12.7. The van der Waals surface area contributed by atoms with E-state index in [4.69, 9.17) is 4.74 Å². The minimum Gasteiger partial charge on any atom is -0.381 e. The van der Waals surface area contributed by atoms with Crippen molar-refractivity contribution in [3.8, 4) is 0 Å². The van der Waals surface area contributed by atoms with Gasteiger partial charge in [0.15, 0.2) is 12.0 Å². The zero-order valence-corrected chi connectivity index (χ0v) is 12.7. The second-order valence-corrected chi connectivity index (χ2v) is 6.12. The van der Waals surface area contributed by atoms with Crippen molar-refractivity contribution in [2.75, 3.05) is 13.2 Å². The number of nitrogens with zero attached hydrogens (tertiary/aromatic N) is 3. The fourth-order valence-electron chi connectivity index (χ4n) is 3.38. The number of hydrogen-bond donors (Lipinski definition) is 0. The van der Waals surface area contributed by atoms with Crippen molar-refractivity contribution in [2.45, 2.75) is 31.5 Å². The van der Waals surface area contributed by atoms with E-state index in [0.29, 0.717) is 32.5 Å². The molecule has 0 radical (unpaired) electrons. The molecule has 2 atom stereocenters. The topological polar surface area (TPSA) is 57.0 Å². The largest absolute Gasteiger partial charge is 0.381 e. The molecule has 0 bridgehead atoms. The lowest BCUT2D eigenvalue weighted by Crippen LogP contribution is -2.24. The highest BCUT2D eigenvalue weighted by atomic mass is 19.1. The van der Waals surface area contributed by atoms with Crippen LogP contribution in [0.5, 0.6) is 0 Å². The van der Waals surface area contributed by atoms with Gasteiger partial charge in [-0.3, -0.25) is 4.79 Å². The first-order chi connectivity index (χ1) is 11.2. The summed E-state index contributed by atoms with van der Waals surface area (Å²) in [4.78, 5) is 16.7. The Morgan fingerprint density at radius 1 is 1.22 bits per heavy atom. The second-order valence-electron chi connectivity index (χ2n) is 6.12. The molecular weight excluding hydrogens is 297 g/mol. The molecule has 1 saturated heterocycles. The number of aromatic nitrogens is 3. The Balaban J connectivity index is 1.64. The number of alkyl halides is 1. The first-order valence-corrected chi connectivity index (χ1v) is 8.01. The third-order valence-corrected chi connectivity index (χ3v) is 4.66. The van der Waals surface area contributed by atoms with Crippen molar-refractivity contribution < 1.29 is 13.9 Å². The summed E-state index contributed by atoms with van der Waals surface area (Å²) in [6.07, 6.45) is 0.516. The molecule has 120 valence electrons. The van der Waals surface area contributed by atoms with Gasteiger partial charge >= 0.3 is 0 Å². The minimum atomic E-state index is -1.18. The van der Waals surface area contributed by atoms with E-state index in [2.05, 4.69) is 10.1 Å². The summed E-state index contributed by atoms with van der Waals surface area (Å²) in [5.41, 5.74) is 0.990. The summed E-state index contributed by atoms with van der Waals surface area (Å²) in [7, 11) is 0. The lowest BCUT2D eigenvalue weighted by Gasteiger charge is -2.19. The summed E-state index contributed by atoms with van der Waals surface area (Å²) in [5, 5.41) is 4.35. The van der Waals surface area contributed by atoms with Crippen LogP contribution in [-0.2, 0) is 4.74 Å². The van der Waals surface area contributed by atoms with Crippen LogP contribution in [0.25, 0.3) is 0 Å². The molecule has 0 unspecified atom stereocenters. The lowest BCUT2D eigenvalue weighted by atomic mass is 9.95. The van der Waals surface area contributed by atoms with E-state index in [1.54, 1.807) is 4.68 Å². The molecule has 6 heteroatoms. The van der Waals surface area contributed by atoms with Gasteiger partial charge in [0.1, 0.15) is 0 Å². The highest BCUT2D eigenvalue weighted by Crippen LogP contribution is 2.39. The number of ether oxygens (including phenoxy) is 1. The Hall–Kier alpha value is -2.08. The van der Waals surface area contributed by atoms with Gasteiger partial charge in [-0.25, -0.2) is 14.1 Å². The molecule has 2 aliphatic rings. The fraction of sp³-hybridized carbons (Fsp3) is 0.471. The Bertz CT molecular complexity index is 710. The number of hydrogen-bond acceptors (Lipinski definition) is 4. The SMILES string of the molecule is O=C(c1nc2n(n1)[C@H](c1ccccc1)C[C@@H]2F)C1CCOCC1. The Morgan fingerprint density at radius 2 is 1.96 bits per heavy atom. The van der Waals surface area contributed by atoms with E-state index in [9.17, 15) is 9.18 Å². The second kappa shape index (κ2) is 5.85. The minimum absolute atomic E-state index is 0.0887. The van der Waals surface area contributed by atoms with Gasteiger partial charge in [0.2, 0.25) is 11.6 Å². The van der Waals surface area contributed by atoms with Crippen molar-refractivity contribution >= 4 is 5.78 Å². The van der Waals surface area contributed by atoms with Crippen LogP contribution in [0.15, 0.2) is 30.3 Å². The summed E-state index contributed by atoms with van der Waals surface area (Å²) >= 11 is 0. The summed E-state index contributed by atoms with van der Waals surface area (Å²) in [6.45, 7) is 1.17. The number of rotatable bonds is 3.